The first kappa shape index (κ1) is 17.9. The third kappa shape index (κ3) is 3.72. The highest BCUT2D eigenvalue weighted by Crippen LogP contribution is 2.25. The maximum atomic E-state index is 12.8. The number of hydrogen-bond acceptors (Lipinski definition) is 4. The summed E-state index contributed by atoms with van der Waals surface area (Å²) in [6, 6.07) is 1.36. The van der Waals surface area contributed by atoms with E-state index in [0.29, 0.717) is 32.5 Å². The Morgan fingerprint density at radius 1 is 1.12 bits per heavy atom. The summed E-state index contributed by atoms with van der Waals surface area (Å²) in [6.45, 7) is 1.64. The molecule has 0 aromatic carbocycles. The standard InChI is InChI=1S/C16H23N3O5S/c20-15(18-6-2-1-3-7-18)14-9-13(10-17-14)25(23,24)19-8-4-5-12(11-19)16(21)22/h9-10,12,17H,1-8,11H2,(H,21,22). The van der Waals surface area contributed by atoms with Crippen molar-refractivity contribution in [3.8, 4) is 0 Å². The molecule has 8 nitrogen and oxygen atoms in total. The fourth-order valence-electron chi connectivity index (χ4n) is 3.43. The number of piperidine rings is 2. The molecule has 2 aliphatic heterocycles. The highest BCUT2D eigenvalue weighted by Gasteiger charge is 2.34. The van der Waals surface area contributed by atoms with Gasteiger partial charge >= 0.3 is 5.97 Å². The van der Waals surface area contributed by atoms with Crippen molar-refractivity contribution in [2.75, 3.05) is 26.2 Å². The molecule has 25 heavy (non-hydrogen) atoms. The average molecular weight is 369 g/mol. The predicted molar refractivity (Wildman–Crippen MR) is 89.7 cm³/mol. The van der Waals surface area contributed by atoms with Crippen molar-refractivity contribution < 1.29 is 23.1 Å². The number of nitrogens with one attached hydrogen (secondary N) is 1. The number of carbonyl (C=O) groups excluding carboxylic acids is 1. The number of aliphatic carboxylic acids is 1. The Bertz CT molecular complexity index is 752. The summed E-state index contributed by atoms with van der Waals surface area (Å²) >= 11 is 0. The Kier molecular flexibility index (Phi) is 5.14. The zero-order chi connectivity index (χ0) is 18.0. The van der Waals surface area contributed by atoms with Gasteiger partial charge in [-0.3, -0.25) is 9.59 Å². The topological polar surface area (TPSA) is 111 Å². The van der Waals surface area contributed by atoms with Crippen molar-refractivity contribution in [1.82, 2.24) is 14.2 Å². The Labute approximate surface area is 146 Å². The van der Waals surface area contributed by atoms with Crippen LogP contribution in [-0.4, -0.2) is 65.8 Å². The third-order valence-corrected chi connectivity index (χ3v) is 6.74. The molecule has 1 aromatic rings. The molecule has 2 aliphatic rings. The lowest BCUT2D eigenvalue weighted by Gasteiger charge is -2.29. The van der Waals surface area contributed by atoms with Gasteiger partial charge in [0.25, 0.3) is 5.91 Å². The van der Waals surface area contributed by atoms with Gasteiger partial charge in [0.05, 0.1) is 5.92 Å². The van der Waals surface area contributed by atoms with Crippen molar-refractivity contribution in [3.63, 3.8) is 0 Å². The Morgan fingerprint density at radius 3 is 2.52 bits per heavy atom. The van der Waals surface area contributed by atoms with Crippen molar-refractivity contribution in [3.05, 3.63) is 18.0 Å². The van der Waals surface area contributed by atoms with E-state index in [0.717, 1.165) is 19.3 Å². The summed E-state index contributed by atoms with van der Waals surface area (Å²) in [5, 5.41) is 9.14. The van der Waals surface area contributed by atoms with Crippen LogP contribution in [0.5, 0.6) is 0 Å². The van der Waals surface area contributed by atoms with Crippen LogP contribution in [0.15, 0.2) is 17.2 Å². The average Bonchev–Trinajstić information content (AvgIpc) is 3.13. The van der Waals surface area contributed by atoms with Crippen LogP contribution in [0.3, 0.4) is 0 Å². The molecule has 1 aromatic heterocycles. The number of carbonyl (C=O) groups is 2. The highest BCUT2D eigenvalue weighted by atomic mass is 32.2. The van der Waals surface area contributed by atoms with Gasteiger partial charge in [0, 0.05) is 32.4 Å². The molecule has 0 spiro atoms. The van der Waals surface area contributed by atoms with Gasteiger partial charge in [-0.05, 0) is 38.2 Å². The maximum absolute atomic E-state index is 12.8. The van der Waals surface area contributed by atoms with Crippen molar-refractivity contribution in [1.29, 1.82) is 0 Å². The van der Waals surface area contributed by atoms with E-state index in [1.54, 1.807) is 4.90 Å². The zero-order valence-corrected chi connectivity index (χ0v) is 14.8. The van der Waals surface area contributed by atoms with E-state index < -0.39 is 21.9 Å². The number of carboxylic acids is 1. The Morgan fingerprint density at radius 2 is 1.84 bits per heavy atom. The van der Waals surface area contributed by atoms with Crippen LogP contribution in [-0.2, 0) is 14.8 Å². The van der Waals surface area contributed by atoms with Crippen LogP contribution in [0.2, 0.25) is 0 Å². The van der Waals surface area contributed by atoms with Crippen LogP contribution < -0.4 is 0 Å². The quantitative estimate of drug-likeness (QED) is 0.826. The second-order valence-electron chi connectivity index (χ2n) is 6.64. The molecule has 0 bridgehead atoms. The van der Waals surface area contributed by atoms with Gasteiger partial charge in [-0.1, -0.05) is 0 Å². The van der Waals surface area contributed by atoms with E-state index in [1.165, 1.54) is 16.6 Å². The number of likely N-dealkylation sites (tertiary alicyclic amines) is 1. The predicted octanol–water partition coefficient (Wildman–Crippen LogP) is 1.13. The summed E-state index contributed by atoms with van der Waals surface area (Å²) in [5.41, 5.74) is 0.257. The molecule has 2 N–H and O–H groups in total. The van der Waals surface area contributed by atoms with E-state index >= 15 is 0 Å². The largest absolute Gasteiger partial charge is 0.481 e. The molecule has 3 heterocycles. The minimum atomic E-state index is -3.80. The first-order valence-corrected chi connectivity index (χ1v) is 10.0. The lowest BCUT2D eigenvalue weighted by molar-refractivity contribution is -0.142. The smallest absolute Gasteiger partial charge is 0.307 e. The fourth-order valence-corrected chi connectivity index (χ4v) is 4.94. The number of hydrogen-bond donors (Lipinski definition) is 2. The van der Waals surface area contributed by atoms with Crippen LogP contribution in [0.1, 0.15) is 42.6 Å². The van der Waals surface area contributed by atoms with E-state index in [1.807, 2.05) is 0 Å². The van der Waals surface area contributed by atoms with Gasteiger partial charge in [-0.2, -0.15) is 4.31 Å². The normalized spacial score (nSPS) is 22.7. The summed E-state index contributed by atoms with van der Waals surface area (Å²) in [6.07, 6.45) is 5.34. The van der Waals surface area contributed by atoms with Crippen molar-refractivity contribution >= 4 is 21.9 Å². The fraction of sp³-hybridized carbons (Fsp3) is 0.625. The molecule has 2 fully saturated rings. The number of nitrogens with zero attached hydrogens (tertiary/aromatic N) is 2. The molecular weight excluding hydrogens is 346 g/mol. The lowest BCUT2D eigenvalue weighted by atomic mass is 10.0. The molecule has 1 atom stereocenters. The minimum absolute atomic E-state index is 0.0129. The molecule has 1 amide bonds. The number of sulfonamides is 1. The molecule has 3 rings (SSSR count). The number of amides is 1. The summed E-state index contributed by atoms with van der Waals surface area (Å²) < 4.78 is 26.7. The van der Waals surface area contributed by atoms with Gasteiger partial charge in [0.1, 0.15) is 10.6 Å². The van der Waals surface area contributed by atoms with Crippen LogP contribution >= 0.6 is 0 Å². The van der Waals surface area contributed by atoms with E-state index in [2.05, 4.69) is 4.98 Å². The second kappa shape index (κ2) is 7.17. The SMILES string of the molecule is O=C(O)C1CCCN(S(=O)(=O)c2c[nH]c(C(=O)N3CCCCC3)c2)C1. The monoisotopic (exact) mass is 369 g/mol. The van der Waals surface area contributed by atoms with Gasteiger partial charge < -0.3 is 15.0 Å². The van der Waals surface area contributed by atoms with Gasteiger partial charge in [-0.15, -0.1) is 0 Å². The molecular formula is C16H23N3O5S. The summed E-state index contributed by atoms with van der Waals surface area (Å²) in [7, 11) is -3.80. The number of rotatable bonds is 4. The number of aromatic nitrogens is 1. The van der Waals surface area contributed by atoms with Crippen LogP contribution in [0.25, 0.3) is 0 Å². The minimum Gasteiger partial charge on any atom is -0.481 e. The number of H-pyrrole nitrogens is 1. The van der Waals surface area contributed by atoms with Gasteiger partial charge in [0.2, 0.25) is 10.0 Å². The second-order valence-corrected chi connectivity index (χ2v) is 8.58. The molecule has 0 aliphatic carbocycles. The van der Waals surface area contributed by atoms with Gasteiger partial charge in [-0.25, -0.2) is 8.42 Å². The van der Waals surface area contributed by atoms with E-state index in [9.17, 15) is 18.0 Å². The summed E-state index contributed by atoms with van der Waals surface area (Å²) in [5.74, 6) is -1.85. The Hall–Kier alpha value is -1.87. The van der Waals surface area contributed by atoms with Crippen molar-refractivity contribution in [2.45, 2.75) is 37.0 Å². The van der Waals surface area contributed by atoms with Crippen LogP contribution in [0, 0.1) is 5.92 Å². The zero-order valence-electron chi connectivity index (χ0n) is 14.0. The van der Waals surface area contributed by atoms with Gasteiger partial charge in [0.15, 0.2) is 0 Å². The molecule has 0 saturated carbocycles. The molecule has 1 unspecified atom stereocenters. The molecule has 138 valence electrons. The molecule has 2 saturated heterocycles. The van der Waals surface area contributed by atoms with Crippen molar-refractivity contribution in [2.24, 2.45) is 5.92 Å². The van der Waals surface area contributed by atoms with E-state index in [4.69, 9.17) is 5.11 Å². The first-order valence-electron chi connectivity index (χ1n) is 8.60. The third-order valence-electron chi connectivity index (χ3n) is 4.90. The first-order chi connectivity index (χ1) is 11.9. The number of carboxylic acid groups (broad SMARTS) is 1. The Balaban J connectivity index is 1.76. The summed E-state index contributed by atoms with van der Waals surface area (Å²) in [4.78, 5) is 28.1. The highest BCUT2D eigenvalue weighted by molar-refractivity contribution is 7.89. The molecule has 9 heteroatoms. The van der Waals surface area contributed by atoms with Crippen LogP contribution in [0.4, 0.5) is 0 Å². The number of aromatic amines is 1. The molecule has 0 radical (unpaired) electrons. The van der Waals surface area contributed by atoms with E-state index in [-0.39, 0.29) is 23.0 Å². The maximum Gasteiger partial charge on any atom is 0.307 e. The lowest BCUT2D eigenvalue weighted by Crippen LogP contribution is -2.42.